The fourth-order valence-electron chi connectivity index (χ4n) is 3.34. The molecule has 5 nitrogen and oxygen atoms in total. The van der Waals surface area contributed by atoms with Crippen LogP contribution in [0.25, 0.3) is 0 Å². The van der Waals surface area contributed by atoms with Gasteiger partial charge >= 0.3 is 0 Å². The highest BCUT2D eigenvalue weighted by atomic mass is 32.2. The molecule has 0 radical (unpaired) electrons. The number of carbonyl (C=O) groups is 1. The molecule has 0 saturated carbocycles. The first-order chi connectivity index (χ1) is 12.6. The highest BCUT2D eigenvalue weighted by Gasteiger charge is 2.36. The summed E-state index contributed by atoms with van der Waals surface area (Å²) in [5.74, 6) is -2.60. The Labute approximate surface area is 156 Å². The van der Waals surface area contributed by atoms with Crippen LogP contribution in [0.5, 0.6) is 0 Å². The second-order valence-corrected chi connectivity index (χ2v) is 8.95. The number of rotatable bonds is 4. The molecule has 2 aromatic carbocycles. The zero-order valence-electron chi connectivity index (χ0n) is 14.6. The Morgan fingerprint density at radius 1 is 1.19 bits per heavy atom. The fourth-order valence-corrected chi connectivity index (χ4v) is 4.12. The van der Waals surface area contributed by atoms with Crippen LogP contribution in [0.4, 0.5) is 8.78 Å². The molecule has 1 saturated heterocycles. The summed E-state index contributed by atoms with van der Waals surface area (Å²) in [6.45, 7) is 0.0544. The maximum absolute atomic E-state index is 13.6. The SMILES string of the molecule is CS(=O)(=O)Cc1cccc(C(=O)N2C[C@@H](O)C[C@@H]2c2ccc(F)c(F)c2)c1. The molecule has 2 atom stereocenters. The monoisotopic (exact) mass is 395 g/mol. The van der Waals surface area contributed by atoms with Gasteiger partial charge in [0.25, 0.3) is 5.91 Å². The van der Waals surface area contributed by atoms with E-state index in [1.54, 1.807) is 18.2 Å². The molecule has 1 aliphatic heterocycles. The van der Waals surface area contributed by atoms with Crippen LogP contribution < -0.4 is 0 Å². The number of nitrogens with zero attached hydrogens (tertiary/aromatic N) is 1. The first-order valence-electron chi connectivity index (χ1n) is 8.34. The number of likely N-dealkylation sites (tertiary alicyclic amines) is 1. The van der Waals surface area contributed by atoms with Gasteiger partial charge in [0.15, 0.2) is 21.5 Å². The van der Waals surface area contributed by atoms with Crippen molar-refractivity contribution in [3.63, 3.8) is 0 Å². The highest BCUT2D eigenvalue weighted by molar-refractivity contribution is 7.89. The van der Waals surface area contributed by atoms with Crippen LogP contribution in [0.15, 0.2) is 42.5 Å². The number of aliphatic hydroxyl groups is 1. The number of aliphatic hydroxyl groups excluding tert-OH is 1. The molecule has 0 unspecified atom stereocenters. The molecule has 2 aromatic rings. The number of benzene rings is 2. The van der Waals surface area contributed by atoms with E-state index in [0.29, 0.717) is 11.1 Å². The van der Waals surface area contributed by atoms with Crippen molar-refractivity contribution in [1.29, 1.82) is 0 Å². The number of halogens is 2. The number of hydrogen-bond acceptors (Lipinski definition) is 4. The Balaban J connectivity index is 1.90. The number of amides is 1. The molecule has 1 N–H and O–H groups in total. The van der Waals surface area contributed by atoms with Gasteiger partial charge in [0.2, 0.25) is 0 Å². The van der Waals surface area contributed by atoms with Crippen molar-refractivity contribution >= 4 is 15.7 Å². The van der Waals surface area contributed by atoms with Crippen LogP contribution in [-0.2, 0) is 15.6 Å². The lowest BCUT2D eigenvalue weighted by atomic mass is 10.0. The summed E-state index contributed by atoms with van der Waals surface area (Å²) in [7, 11) is -3.25. The lowest BCUT2D eigenvalue weighted by molar-refractivity contribution is 0.0715. The Kier molecular flexibility index (Phi) is 5.30. The van der Waals surface area contributed by atoms with E-state index in [4.69, 9.17) is 0 Å². The van der Waals surface area contributed by atoms with Gasteiger partial charge in [-0.25, -0.2) is 17.2 Å². The topological polar surface area (TPSA) is 74.7 Å². The van der Waals surface area contributed by atoms with E-state index in [-0.39, 0.29) is 24.3 Å². The van der Waals surface area contributed by atoms with Crippen molar-refractivity contribution in [3.05, 3.63) is 70.8 Å². The van der Waals surface area contributed by atoms with Gasteiger partial charge in [-0.15, -0.1) is 0 Å². The van der Waals surface area contributed by atoms with Gasteiger partial charge in [0.1, 0.15) is 0 Å². The van der Waals surface area contributed by atoms with Crippen LogP contribution in [-0.4, -0.2) is 43.2 Å². The quantitative estimate of drug-likeness (QED) is 0.863. The molecule has 0 aliphatic carbocycles. The minimum Gasteiger partial charge on any atom is -0.391 e. The van der Waals surface area contributed by atoms with Gasteiger partial charge in [-0.05, 0) is 41.8 Å². The number of sulfone groups is 1. The molecule has 1 amide bonds. The van der Waals surface area contributed by atoms with Crippen LogP contribution >= 0.6 is 0 Å². The summed E-state index contributed by atoms with van der Waals surface area (Å²) in [4.78, 5) is 14.3. The van der Waals surface area contributed by atoms with E-state index >= 15 is 0 Å². The third kappa shape index (κ3) is 4.51. The normalized spacial score (nSPS) is 20.1. The van der Waals surface area contributed by atoms with Gasteiger partial charge in [-0.2, -0.15) is 0 Å². The first-order valence-corrected chi connectivity index (χ1v) is 10.4. The summed E-state index contributed by atoms with van der Waals surface area (Å²) in [6, 6.07) is 9.07. The predicted molar refractivity (Wildman–Crippen MR) is 95.7 cm³/mol. The third-order valence-electron chi connectivity index (χ3n) is 4.47. The molecule has 0 spiro atoms. The summed E-state index contributed by atoms with van der Waals surface area (Å²) < 4.78 is 49.8. The average Bonchev–Trinajstić information content (AvgIpc) is 2.97. The molecule has 1 fully saturated rings. The average molecular weight is 395 g/mol. The Bertz CT molecular complexity index is 977. The Morgan fingerprint density at radius 3 is 2.59 bits per heavy atom. The molecule has 0 bridgehead atoms. The van der Waals surface area contributed by atoms with Crippen molar-refractivity contribution in [2.45, 2.75) is 24.3 Å². The van der Waals surface area contributed by atoms with Gasteiger partial charge in [-0.1, -0.05) is 18.2 Å². The van der Waals surface area contributed by atoms with Crippen molar-refractivity contribution in [1.82, 2.24) is 4.90 Å². The Morgan fingerprint density at radius 2 is 1.93 bits per heavy atom. The van der Waals surface area contributed by atoms with Gasteiger partial charge in [-0.3, -0.25) is 4.79 Å². The highest BCUT2D eigenvalue weighted by Crippen LogP contribution is 2.34. The summed E-state index contributed by atoms with van der Waals surface area (Å²) in [5, 5.41) is 10.0. The van der Waals surface area contributed by atoms with Crippen LogP contribution in [0.1, 0.15) is 33.9 Å². The van der Waals surface area contributed by atoms with E-state index in [1.807, 2.05) is 0 Å². The lowest BCUT2D eigenvalue weighted by Gasteiger charge is -2.25. The van der Waals surface area contributed by atoms with Crippen molar-refractivity contribution in [3.8, 4) is 0 Å². The smallest absolute Gasteiger partial charge is 0.254 e. The Hall–Kier alpha value is -2.32. The zero-order chi connectivity index (χ0) is 19.8. The molecule has 1 aliphatic rings. The van der Waals surface area contributed by atoms with Gasteiger partial charge in [0.05, 0.1) is 17.9 Å². The van der Waals surface area contributed by atoms with Crippen LogP contribution in [0.2, 0.25) is 0 Å². The molecule has 3 rings (SSSR count). The number of hydrogen-bond donors (Lipinski definition) is 1. The molecule has 1 heterocycles. The summed E-state index contributed by atoms with van der Waals surface area (Å²) >= 11 is 0. The first kappa shape index (κ1) is 19.4. The van der Waals surface area contributed by atoms with Crippen molar-refractivity contribution in [2.75, 3.05) is 12.8 Å². The lowest BCUT2D eigenvalue weighted by Crippen LogP contribution is -2.32. The minimum absolute atomic E-state index is 0.0544. The van der Waals surface area contributed by atoms with Crippen molar-refractivity contribution in [2.24, 2.45) is 0 Å². The summed E-state index contributed by atoms with van der Waals surface area (Å²) in [6.07, 6.45) is 0.531. The van der Waals surface area contributed by atoms with Crippen LogP contribution in [0.3, 0.4) is 0 Å². The van der Waals surface area contributed by atoms with E-state index in [2.05, 4.69) is 0 Å². The molecule has 27 heavy (non-hydrogen) atoms. The van der Waals surface area contributed by atoms with Gasteiger partial charge in [0, 0.05) is 18.4 Å². The fraction of sp³-hybridized carbons (Fsp3) is 0.316. The zero-order valence-corrected chi connectivity index (χ0v) is 15.4. The van der Waals surface area contributed by atoms with Gasteiger partial charge < -0.3 is 10.0 Å². The molecule has 8 heteroatoms. The third-order valence-corrected chi connectivity index (χ3v) is 5.33. The maximum atomic E-state index is 13.6. The molecule has 144 valence electrons. The second-order valence-electron chi connectivity index (χ2n) is 6.81. The molecular formula is C19H19F2NO4S. The summed E-state index contributed by atoms with van der Waals surface area (Å²) in [5.41, 5.74) is 1.15. The predicted octanol–water partition coefficient (Wildman–Crippen LogP) is 2.46. The minimum atomic E-state index is -3.25. The van der Waals surface area contributed by atoms with Crippen LogP contribution in [0, 0.1) is 11.6 Å². The van der Waals surface area contributed by atoms with E-state index < -0.39 is 39.5 Å². The molecule has 0 aromatic heterocycles. The number of β-amino-alcohol motifs (C(OH)–C–C–N with tert-alkyl or cyclic N) is 1. The van der Waals surface area contributed by atoms with E-state index in [1.165, 1.54) is 17.0 Å². The number of carbonyl (C=O) groups excluding carboxylic acids is 1. The largest absolute Gasteiger partial charge is 0.391 e. The standard InChI is InChI=1S/C19H19F2NO4S/c1-27(25,26)11-12-3-2-4-14(7-12)19(24)22-10-15(23)9-18(22)13-5-6-16(20)17(21)8-13/h2-8,15,18,23H,9-11H2,1H3/t15-,18+/m0/s1. The van der Waals surface area contributed by atoms with E-state index in [9.17, 15) is 27.1 Å². The van der Waals surface area contributed by atoms with Crippen molar-refractivity contribution < 1.29 is 27.1 Å². The second kappa shape index (κ2) is 7.36. The maximum Gasteiger partial charge on any atom is 0.254 e. The molecular weight excluding hydrogens is 376 g/mol. The van der Waals surface area contributed by atoms with E-state index in [0.717, 1.165) is 18.4 Å².